The molecule has 3 aromatic carbocycles. The molecule has 0 saturated carbocycles. The number of aryl methyl sites for hydroxylation is 1. The van der Waals surface area contributed by atoms with E-state index < -0.39 is 0 Å². The van der Waals surface area contributed by atoms with Gasteiger partial charge in [0.05, 0.1) is 0 Å². The van der Waals surface area contributed by atoms with Crippen molar-refractivity contribution in [2.24, 2.45) is 0 Å². The summed E-state index contributed by atoms with van der Waals surface area (Å²) in [4.78, 5) is 0. The Hall–Kier alpha value is -2.67. The van der Waals surface area contributed by atoms with Gasteiger partial charge in [-0.25, -0.2) is 4.39 Å². The van der Waals surface area contributed by atoms with Crippen LogP contribution < -0.4 is 0 Å². The Kier molecular flexibility index (Phi) is 5.00. The Labute approximate surface area is 136 Å². The molecule has 0 nitrogen and oxygen atoms in total. The van der Waals surface area contributed by atoms with E-state index in [0.29, 0.717) is 0 Å². The molecule has 0 heterocycles. The van der Waals surface area contributed by atoms with Crippen LogP contribution in [0, 0.1) is 5.82 Å². The summed E-state index contributed by atoms with van der Waals surface area (Å²) in [6.45, 7) is 0. The number of rotatable bonds is 5. The Balaban J connectivity index is 1.88. The fourth-order valence-corrected chi connectivity index (χ4v) is 2.67. The molecule has 0 amide bonds. The van der Waals surface area contributed by atoms with E-state index in [1.807, 2.05) is 30.3 Å². The van der Waals surface area contributed by atoms with Crippen molar-refractivity contribution in [3.05, 3.63) is 107 Å². The van der Waals surface area contributed by atoms with E-state index >= 15 is 0 Å². The lowest BCUT2D eigenvalue weighted by atomic mass is 9.96. The first kappa shape index (κ1) is 15.2. The second-order valence-corrected chi connectivity index (χ2v) is 5.58. The normalized spacial score (nSPS) is 11.4. The molecule has 0 atom stereocenters. The molecule has 0 aliphatic heterocycles. The molecular formula is C22H19F. The van der Waals surface area contributed by atoms with Gasteiger partial charge in [-0.05, 0) is 47.2 Å². The minimum atomic E-state index is -0.200. The van der Waals surface area contributed by atoms with Crippen LogP contribution in [-0.2, 0) is 6.42 Å². The van der Waals surface area contributed by atoms with E-state index in [4.69, 9.17) is 0 Å². The first-order valence-corrected chi connectivity index (χ1v) is 7.87. The van der Waals surface area contributed by atoms with Crippen LogP contribution in [0.1, 0.15) is 23.1 Å². The van der Waals surface area contributed by atoms with Gasteiger partial charge in [-0.2, -0.15) is 0 Å². The minimum absolute atomic E-state index is 0.200. The zero-order chi connectivity index (χ0) is 15.9. The number of benzene rings is 3. The molecule has 0 aromatic heterocycles. The third-order valence-electron chi connectivity index (χ3n) is 3.86. The SMILES string of the molecule is Fc1cccc(C=C(CCc2ccccc2)c2ccccc2)c1. The molecule has 0 N–H and O–H groups in total. The third kappa shape index (κ3) is 4.40. The highest BCUT2D eigenvalue weighted by Gasteiger charge is 2.03. The topological polar surface area (TPSA) is 0 Å². The van der Waals surface area contributed by atoms with Crippen LogP contribution in [0.2, 0.25) is 0 Å². The number of allylic oxidation sites excluding steroid dienone is 1. The maximum absolute atomic E-state index is 13.4. The van der Waals surface area contributed by atoms with E-state index in [9.17, 15) is 4.39 Å². The van der Waals surface area contributed by atoms with Crippen LogP contribution >= 0.6 is 0 Å². The van der Waals surface area contributed by atoms with E-state index in [2.05, 4.69) is 42.5 Å². The predicted octanol–water partition coefficient (Wildman–Crippen LogP) is 6.00. The average molecular weight is 302 g/mol. The fraction of sp³-hybridized carbons (Fsp3) is 0.0909. The highest BCUT2D eigenvalue weighted by Crippen LogP contribution is 2.23. The smallest absolute Gasteiger partial charge is 0.123 e. The van der Waals surface area contributed by atoms with Crippen LogP contribution in [0.5, 0.6) is 0 Å². The molecule has 0 radical (unpaired) electrons. The maximum atomic E-state index is 13.4. The number of hydrogen-bond acceptors (Lipinski definition) is 0. The molecule has 0 saturated heterocycles. The van der Waals surface area contributed by atoms with Crippen LogP contribution in [0.15, 0.2) is 84.9 Å². The molecule has 23 heavy (non-hydrogen) atoms. The van der Waals surface area contributed by atoms with E-state index in [1.165, 1.54) is 22.8 Å². The molecule has 0 unspecified atom stereocenters. The summed E-state index contributed by atoms with van der Waals surface area (Å²) in [6, 6.07) is 27.5. The van der Waals surface area contributed by atoms with E-state index in [1.54, 1.807) is 12.1 Å². The van der Waals surface area contributed by atoms with Crippen molar-refractivity contribution in [3.8, 4) is 0 Å². The average Bonchev–Trinajstić information content (AvgIpc) is 2.60. The van der Waals surface area contributed by atoms with Crippen molar-refractivity contribution < 1.29 is 4.39 Å². The van der Waals surface area contributed by atoms with Gasteiger partial charge in [0.25, 0.3) is 0 Å². The highest BCUT2D eigenvalue weighted by atomic mass is 19.1. The Morgan fingerprint density at radius 1 is 0.783 bits per heavy atom. The predicted molar refractivity (Wildman–Crippen MR) is 95.5 cm³/mol. The minimum Gasteiger partial charge on any atom is -0.207 e. The largest absolute Gasteiger partial charge is 0.207 e. The van der Waals surface area contributed by atoms with Crippen molar-refractivity contribution in [3.63, 3.8) is 0 Å². The first-order valence-electron chi connectivity index (χ1n) is 7.87. The van der Waals surface area contributed by atoms with Crippen LogP contribution in [0.3, 0.4) is 0 Å². The van der Waals surface area contributed by atoms with Gasteiger partial charge in [0, 0.05) is 0 Å². The van der Waals surface area contributed by atoms with Gasteiger partial charge in [-0.1, -0.05) is 78.9 Å². The Morgan fingerprint density at radius 2 is 1.48 bits per heavy atom. The lowest BCUT2D eigenvalue weighted by Gasteiger charge is -2.09. The fourth-order valence-electron chi connectivity index (χ4n) is 2.67. The summed E-state index contributed by atoms with van der Waals surface area (Å²) in [5.74, 6) is -0.200. The molecule has 0 aliphatic rings. The van der Waals surface area contributed by atoms with Crippen molar-refractivity contribution in [2.45, 2.75) is 12.8 Å². The van der Waals surface area contributed by atoms with Crippen LogP contribution in [0.25, 0.3) is 11.6 Å². The van der Waals surface area contributed by atoms with Crippen molar-refractivity contribution in [1.82, 2.24) is 0 Å². The number of halogens is 1. The summed E-state index contributed by atoms with van der Waals surface area (Å²) < 4.78 is 13.4. The maximum Gasteiger partial charge on any atom is 0.123 e. The summed E-state index contributed by atoms with van der Waals surface area (Å²) in [7, 11) is 0. The van der Waals surface area contributed by atoms with Gasteiger partial charge in [0.15, 0.2) is 0 Å². The van der Waals surface area contributed by atoms with Crippen molar-refractivity contribution in [2.75, 3.05) is 0 Å². The monoisotopic (exact) mass is 302 g/mol. The lowest BCUT2D eigenvalue weighted by Crippen LogP contribution is -1.90. The molecule has 0 spiro atoms. The zero-order valence-corrected chi connectivity index (χ0v) is 13.0. The second kappa shape index (κ2) is 7.55. The van der Waals surface area contributed by atoms with E-state index in [-0.39, 0.29) is 5.82 Å². The molecular weight excluding hydrogens is 283 g/mol. The van der Waals surface area contributed by atoms with Gasteiger partial charge >= 0.3 is 0 Å². The van der Waals surface area contributed by atoms with Crippen LogP contribution in [0.4, 0.5) is 4.39 Å². The standard InChI is InChI=1S/C22H19F/c23-22-13-7-10-19(17-22)16-21(20-11-5-2-6-12-20)15-14-18-8-3-1-4-9-18/h1-13,16-17H,14-15H2. The van der Waals surface area contributed by atoms with Gasteiger partial charge in [0.1, 0.15) is 5.82 Å². The summed E-state index contributed by atoms with van der Waals surface area (Å²) in [5.41, 5.74) is 4.62. The molecule has 1 heteroatoms. The molecule has 0 fully saturated rings. The zero-order valence-electron chi connectivity index (χ0n) is 13.0. The van der Waals surface area contributed by atoms with Crippen molar-refractivity contribution in [1.29, 1.82) is 0 Å². The Bertz CT molecular complexity index is 773. The van der Waals surface area contributed by atoms with Gasteiger partial charge in [0.2, 0.25) is 0 Å². The quantitative estimate of drug-likeness (QED) is 0.507. The lowest BCUT2D eigenvalue weighted by molar-refractivity contribution is 0.627. The number of hydrogen-bond donors (Lipinski definition) is 0. The van der Waals surface area contributed by atoms with Gasteiger partial charge in [-0.15, -0.1) is 0 Å². The molecule has 3 rings (SSSR count). The van der Waals surface area contributed by atoms with E-state index in [0.717, 1.165) is 18.4 Å². The molecule has 0 aliphatic carbocycles. The van der Waals surface area contributed by atoms with Gasteiger partial charge in [-0.3, -0.25) is 0 Å². The summed E-state index contributed by atoms with van der Waals surface area (Å²) >= 11 is 0. The first-order chi connectivity index (χ1) is 11.3. The second-order valence-electron chi connectivity index (χ2n) is 5.58. The molecule has 0 bridgehead atoms. The molecule has 3 aromatic rings. The highest BCUT2D eigenvalue weighted by molar-refractivity contribution is 5.81. The third-order valence-corrected chi connectivity index (χ3v) is 3.86. The molecule has 114 valence electrons. The van der Waals surface area contributed by atoms with Crippen LogP contribution in [-0.4, -0.2) is 0 Å². The Morgan fingerprint density at radius 3 is 2.17 bits per heavy atom. The summed E-state index contributed by atoms with van der Waals surface area (Å²) in [6.07, 6.45) is 3.97. The van der Waals surface area contributed by atoms with Gasteiger partial charge < -0.3 is 0 Å². The van der Waals surface area contributed by atoms with Crippen molar-refractivity contribution >= 4 is 11.6 Å². The summed E-state index contributed by atoms with van der Waals surface area (Å²) in [5, 5.41) is 0.